The highest BCUT2D eigenvalue weighted by Gasteiger charge is 2.20. The van der Waals surface area contributed by atoms with Gasteiger partial charge >= 0.3 is 6.09 Å². The van der Waals surface area contributed by atoms with E-state index in [0.717, 1.165) is 12.8 Å². The van der Waals surface area contributed by atoms with Gasteiger partial charge in [-0.05, 0) is 57.2 Å². The van der Waals surface area contributed by atoms with Crippen molar-refractivity contribution in [2.45, 2.75) is 57.9 Å². The van der Waals surface area contributed by atoms with Crippen LogP contribution in [0.15, 0.2) is 24.3 Å². The molecule has 1 fully saturated rings. The van der Waals surface area contributed by atoms with Crippen molar-refractivity contribution < 1.29 is 14.3 Å². The van der Waals surface area contributed by atoms with Crippen LogP contribution in [-0.2, 0) is 4.79 Å². The second-order valence-electron chi connectivity index (χ2n) is 6.65. The second-order valence-corrected chi connectivity index (χ2v) is 6.65. The molecule has 1 aliphatic rings. The van der Waals surface area contributed by atoms with Crippen molar-refractivity contribution in [2.24, 2.45) is 0 Å². The van der Waals surface area contributed by atoms with Crippen molar-refractivity contribution in [2.75, 3.05) is 0 Å². The van der Waals surface area contributed by atoms with Crippen molar-refractivity contribution in [3.63, 3.8) is 0 Å². The van der Waals surface area contributed by atoms with Crippen LogP contribution in [0.3, 0.4) is 0 Å². The van der Waals surface area contributed by atoms with Gasteiger partial charge in [-0.25, -0.2) is 4.79 Å². The molecule has 1 aromatic carbocycles. The number of rotatable bonds is 2. The van der Waals surface area contributed by atoms with E-state index in [1.807, 2.05) is 45.0 Å². The summed E-state index contributed by atoms with van der Waals surface area (Å²) in [6.07, 6.45) is 2.75. The summed E-state index contributed by atoms with van der Waals surface area (Å²) in [5, 5.41) is 2.75. The molecule has 0 aliphatic heterocycles. The Morgan fingerprint density at radius 3 is 2.24 bits per heavy atom. The van der Waals surface area contributed by atoms with Gasteiger partial charge in [-0.2, -0.15) is 0 Å². The molecule has 0 bridgehead atoms. The molecule has 0 heterocycles. The van der Waals surface area contributed by atoms with E-state index in [0.29, 0.717) is 30.3 Å². The number of ketones is 1. The molecule has 0 radical (unpaired) electrons. The minimum atomic E-state index is -0.446. The summed E-state index contributed by atoms with van der Waals surface area (Å²) in [7, 11) is 0. The summed E-state index contributed by atoms with van der Waals surface area (Å²) in [4.78, 5) is 22.9. The molecule has 1 N–H and O–H groups in total. The Morgan fingerprint density at radius 1 is 1.14 bits per heavy atom. The Morgan fingerprint density at radius 2 is 1.71 bits per heavy atom. The molecule has 0 saturated heterocycles. The van der Waals surface area contributed by atoms with Crippen LogP contribution in [0.1, 0.15) is 57.9 Å². The van der Waals surface area contributed by atoms with Gasteiger partial charge in [0.15, 0.2) is 0 Å². The van der Waals surface area contributed by atoms with Gasteiger partial charge < -0.3 is 10.1 Å². The molecule has 0 unspecified atom stereocenters. The molecule has 4 nitrogen and oxygen atoms in total. The first-order valence-electron chi connectivity index (χ1n) is 7.45. The van der Waals surface area contributed by atoms with Gasteiger partial charge in [0.1, 0.15) is 11.5 Å². The maximum absolute atomic E-state index is 11.7. The maximum Gasteiger partial charge on any atom is 0.413 e. The number of Topliss-reactive ketones (excluding diaryl/α,β-unsaturated/α-hetero) is 1. The smallest absolute Gasteiger partial charge is 0.410 e. The highest BCUT2D eigenvalue weighted by atomic mass is 16.6. The first-order valence-corrected chi connectivity index (χ1v) is 7.45. The molecule has 1 aromatic rings. The lowest BCUT2D eigenvalue weighted by atomic mass is 9.83. The highest BCUT2D eigenvalue weighted by Crippen LogP contribution is 2.31. The number of amides is 1. The standard InChI is InChI=1S/C17H23NO3/c1-17(2,3)18-16(20)21-15-10-6-13(7-11-15)12-4-8-14(19)9-5-12/h6-7,10-12H,4-5,8-9H2,1-3H3,(H,18,20). The summed E-state index contributed by atoms with van der Waals surface area (Å²) in [5.74, 6) is 1.34. The number of hydrogen-bond donors (Lipinski definition) is 1. The van der Waals surface area contributed by atoms with Crippen LogP contribution >= 0.6 is 0 Å². The first-order chi connectivity index (χ1) is 9.83. The van der Waals surface area contributed by atoms with Crippen LogP contribution < -0.4 is 10.1 Å². The average Bonchev–Trinajstić information content (AvgIpc) is 2.38. The predicted molar refractivity (Wildman–Crippen MR) is 81.6 cm³/mol. The van der Waals surface area contributed by atoms with Crippen molar-refractivity contribution >= 4 is 11.9 Å². The molecular weight excluding hydrogens is 266 g/mol. The Balaban J connectivity index is 1.93. The number of ether oxygens (including phenoxy) is 1. The normalized spacial score (nSPS) is 16.6. The SMILES string of the molecule is CC(C)(C)NC(=O)Oc1ccc(C2CCC(=O)CC2)cc1. The van der Waals surface area contributed by atoms with Crippen LogP contribution in [0.25, 0.3) is 0 Å². The van der Waals surface area contributed by atoms with E-state index in [2.05, 4.69) is 5.32 Å². The van der Waals surface area contributed by atoms with E-state index in [-0.39, 0.29) is 5.54 Å². The van der Waals surface area contributed by atoms with Gasteiger partial charge in [-0.1, -0.05) is 12.1 Å². The van der Waals surface area contributed by atoms with Crippen molar-refractivity contribution in [3.8, 4) is 5.75 Å². The minimum Gasteiger partial charge on any atom is -0.410 e. The third-order valence-corrected chi connectivity index (χ3v) is 3.58. The average molecular weight is 289 g/mol. The van der Waals surface area contributed by atoms with Gasteiger partial charge in [-0.15, -0.1) is 0 Å². The fourth-order valence-electron chi connectivity index (χ4n) is 2.52. The van der Waals surface area contributed by atoms with Crippen LogP contribution in [0.4, 0.5) is 4.79 Å². The number of carbonyl (C=O) groups excluding carboxylic acids is 2. The molecule has 0 atom stereocenters. The highest BCUT2D eigenvalue weighted by molar-refractivity contribution is 5.79. The Kier molecular flexibility index (Phi) is 4.66. The summed E-state index contributed by atoms with van der Waals surface area (Å²) >= 11 is 0. The predicted octanol–water partition coefficient (Wildman–Crippen LogP) is 3.80. The second kappa shape index (κ2) is 6.29. The fourth-order valence-corrected chi connectivity index (χ4v) is 2.52. The molecule has 1 aliphatic carbocycles. The monoisotopic (exact) mass is 289 g/mol. The van der Waals surface area contributed by atoms with Crippen LogP contribution in [0.2, 0.25) is 0 Å². The summed E-state index contributed by atoms with van der Waals surface area (Å²) in [5.41, 5.74) is 0.900. The number of hydrogen-bond acceptors (Lipinski definition) is 3. The Hall–Kier alpha value is -1.84. The van der Waals surface area contributed by atoms with E-state index in [1.54, 1.807) is 0 Å². The largest absolute Gasteiger partial charge is 0.413 e. The van der Waals surface area contributed by atoms with Gasteiger partial charge in [0.25, 0.3) is 0 Å². The van der Waals surface area contributed by atoms with E-state index < -0.39 is 6.09 Å². The lowest BCUT2D eigenvalue weighted by molar-refractivity contribution is -0.120. The Bertz CT molecular complexity index is 504. The molecule has 21 heavy (non-hydrogen) atoms. The van der Waals surface area contributed by atoms with Gasteiger partial charge in [-0.3, -0.25) is 4.79 Å². The molecular formula is C17H23NO3. The molecule has 1 saturated carbocycles. The fraction of sp³-hybridized carbons (Fsp3) is 0.529. The topological polar surface area (TPSA) is 55.4 Å². The lowest BCUT2D eigenvalue weighted by Crippen LogP contribution is -2.42. The van der Waals surface area contributed by atoms with Crippen molar-refractivity contribution in [1.29, 1.82) is 0 Å². The molecule has 114 valence electrons. The first kappa shape index (κ1) is 15.5. The number of benzene rings is 1. The van der Waals surface area contributed by atoms with Crippen LogP contribution in [-0.4, -0.2) is 17.4 Å². The van der Waals surface area contributed by atoms with Gasteiger partial charge in [0.05, 0.1) is 0 Å². The number of nitrogens with one attached hydrogen (secondary N) is 1. The van der Waals surface area contributed by atoms with Crippen molar-refractivity contribution in [3.05, 3.63) is 29.8 Å². The zero-order valence-corrected chi connectivity index (χ0v) is 12.9. The molecule has 0 spiro atoms. The van der Waals surface area contributed by atoms with E-state index >= 15 is 0 Å². The number of carbonyl (C=O) groups is 2. The van der Waals surface area contributed by atoms with Gasteiger partial charge in [0, 0.05) is 18.4 Å². The van der Waals surface area contributed by atoms with Crippen LogP contribution in [0, 0.1) is 0 Å². The third-order valence-electron chi connectivity index (χ3n) is 3.58. The van der Waals surface area contributed by atoms with E-state index in [4.69, 9.17) is 4.74 Å². The quantitative estimate of drug-likeness (QED) is 0.901. The maximum atomic E-state index is 11.7. The molecule has 4 heteroatoms. The lowest BCUT2D eigenvalue weighted by Gasteiger charge is -2.22. The van der Waals surface area contributed by atoms with Gasteiger partial charge in [0.2, 0.25) is 0 Å². The summed E-state index contributed by atoms with van der Waals surface area (Å²) in [6.45, 7) is 5.71. The van der Waals surface area contributed by atoms with E-state index in [1.165, 1.54) is 5.56 Å². The Labute approximate surface area is 125 Å². The summed E-state index contributed by atoms with van der Waals surface area (Å²) < 4.78 is 5.25. The zero-order chi connectivity index (χ0) is 15.5. The minimum absolute atomic E-state index is 0.314. The van der Waals surface area contributed by atoms with E-state index in [9.17, 15) is 9.59 Å². The summed E-state index contributed by atoms with van der Waals surface area (Å²) in [6, 6.07) is 7.60. The zero-order valence-electron chi connectivity index (χ0n) is 12.9. The van der Waals surface area contributed by atoms with Crippen molar-refractivity contribution in [1.82, 2.24) is 5.32 Å². The molecule has 1 amide bonds. The van der Waals surface area contributed by atoms with Crippen LogP contribution in [0.5, 0.6) is 5.75 Å². The molecule has 2 rings (SSSR count). The third kappa shape index (κ3) is 4.88. The molecule has 0 aromatic heterocycles.